The molecule has 2 amide bonds. The number of aliphatic carboxylic acids is 1. The van der Waals surface area contributed by atoms with Crippen LogP contribution in [-0.4, -0.2) is 66.6 Å². The second-order valence-corrected chi connectivity index (χ2v) is 12.2. The summed E-state index contributed by atoms with van der Waals surface area (Å²) >= 11 is 1.34. The van der Waals surface area contributed by atoms with Crippen molar-refractivity contribution in [1.29, 1.82) is 0 Å². The molecule has 0 radical (unpaired) electrons. The minimum absolute atomic E-state index is 0.0374. The number of carboxylic acids is 1. The Balaban J connectivity index is 1.36. The number of benzene rings is 3. The third-order valence-electron chi connectivity index (χ3n) is 7.89. The van der Waals surface area contributed by atoms with Crippen molar-refractivity contribution in [2.75, 3.05) is 26.6 Å². The van der Waals surface area contributed by atoms with Crippen molar-refractivity contribution in [3.63, 3.8) is 0 Å². The monoisotopic (exact) mass is 604 g/mol. The Morgan fingerprint density at radius 3 is 2.19 bits per heavy atom. The molecule has 9 nitrogen and oxygen atoms in total. The van der Waals surface area contributed by atoms with E-state index in [4.69, 9.17) is 14.2 Å². The number of carbonyl (C=O) groups excluding carboxylic acids is 2. The van der Waals surface area contributed by atoms with Gasteiger partial charge in [-0.05, 0) is 46.7 Å². The van der Waals surface area contributed by atoms with Gasteiger partial charge >= 0.3 is 12.1 Å². The van der Waals surface area contributed by atoms with Crippen molar-refractivity contribution >= 4 is 29.7 Å². The number of rotatable bonds is 10. The predicted molar refractivity (Wildman–Crippen MR) is 164 cm³/mol. The Bertz CT molecular complexity index is 1460. The largest absolute Gasteiger partial charge is 0.497 e. The van der Waals surface area contributed by atoms with Crippen LogP contribution in [0.1, 0.15) is 48.3 Å². The van der Waals surface area contributed by atoms with Crippen LogP contribution in [0.4, 0.5) is 4.79 Å². The van der Waals surface area contributed by atoms with E-state index in [2.05, 4.69) is 17.4 Å². The van der Waals surface area contributed by atoms with E-state index in [0.717, 1.165) is 22.3 Å². The second kappa shape index (κ2) is 13.0. The summed E-state index contributed by atoms with van der Waals surface area (Å²) in [4.78, 5) is 41.0. The molecule has 1 unspecified atom stereocenters. The van der Waals surface area contributed by atoms with Crippen molar-refractivity contribution < 1.29 is 33.7 Å². The van der Waals surface area contributed by atoms with Gasteiger partial charge in [-0.15, -0.1) is 11.8 Å². The molecular weight excluding hydrogens is 568 g/mol. The van der Waals surface area contributed by atoms with E-state index >= 15 is 0 Å². The molecule has 0 saturated carbocycles. The second-order valence-electron chi connectivity index (χ2n) is 11.0. The van der Waals surface area contributed by atoms with Crippen LogP contribution in [0, 0.1) is 5.92 Å². The fourth-order valence-corrected chi connectivity index (χ4v) is 7.34. The van der Waals surface area contributed by atoms with Gasteiger partial charge in [0.2, 0.25) is 5.91 Å². The van der Waals surface area contributed by atoms with Crippen LogP contribution in [0.3, 0.4) is 0 Å². The number of ether oxygens (including phenoxy) is 3. The average Bonchev–Trinajstić information content (AvgIpc) is 3.59. The summed E-state index contributed by atoms with van der Waals surface area (Å²) < 4.78 is 16.6. The Labute approximate surface area is 255 Å². The Morgan fingerprint density at radius 1 is 0.953 bits per heavy atom. The van der Waals surface area contributed by atoms with Crippen LogP contribution in [0.25, 0.3) is 11.1 Å². The number of amides is 2. The molecule has 3 aromatic carbocycles. The minimum atomic E-state index is -1.11. The van der Waals surface area contributed by atoms with Crippen LogP contribution < -0.4 is 14.8 Å². The Kier molecular flexibility index (Phi) is 9.15. The van der Waals surface area contributed by atoms with Gasteiger partial charge in [-0.2, -0.15) is 0 Å². The van der Waals surface area contributed by atoms with Gasteiger partial charge in [-0.25, -0.2) is 9.59 Å². The number of methoxy groups -OCH3 is 2. The van der Waals surface area contributed by atoms with E-state index in [9.17, 15) is 19.5 Å². The van der Waals surface area contributed by atoms with Gasteiger partial charge in [0, 0.05) is 23.3 Å². The molecule has 1 aliphatic heterocycles. The van der Waals surface area contributed by atoms with Gasteiger partial charge < -0.3 is 29.5 Å². The number of nitrogens with zero attached hydrogens (tertiary/aromatic N) is 1. The first-order chi connectivity index (χ1) is 20.7. The average molecular weight is 605 g/mol. The summed E-state index contributed by atoms with van der Waals surface area (Å²) in [5, 5.41) is 12.2. The van der Waals surface area contributed by atoms with Crippen molar-refractivity contribution in [1.82, 2.24) is 10.2 Å². The van der Waals surface area contributed by atoms with Crippen LogP contribution in [-0.2, 0) is 14.3 Å². The summed E-state index contributed by atoms with van der Waals surface area (Å²) in [5.41, 5.74) is 5.05. The molecule has 2 N–H and O–H groups in total. The number of fused-ring (bicyclic) bond motifs is 3. The van der Waals surface area contributed by atoms with E-state index in [1.807, 2.05) is 50.2 Å². The topological polar surface area (TPSA) is 114 Å². The zero-order chi connectivity index (χ0) is 30.7. The molecule has 0 bridgehead atoms. The summed E-state index contributed by atoms with van der Waals surface area (Å²) in [7, 11) is 3.06. The molecule has 2 aliphatic rings. The molecule has 3 aromatic rings. The predicted octanol–water partition coefficient (Wildman–Crippen LogP) is 5.68. The fraction of sp³-hybridized carbons (Fsp3) is 0.364. The quantitative estimate of drug-likeness (QED) is 0.304. The maximum absolute atomic E-state index is 14.1. The highest BCUT2D eigenvalue weighted by Gasteiger charge is 2.46. The highest BCUT2D eigenvalue weighted by Crippen LogP contribution is 2.46. The first-order valence-corrected chi connectivity index (χ1v) is 15.3. The molecule has 1 aliphatic carbocycles. The number of hydrogen-bond acceptors (Lipinski definition) is 7. The molecule has 0 spiro atoms. The first-order valence-electron chi connectivity index (χ1n) is 14.2. The fourth-order valence-electron chi connectivity index (χ4n) is 5.88. The third-order valence-corrected chi connectivity index (χ3v) is 9.19. The lowest BCUT2D eigenvalue weighted by molar-refractivity contribution is -0.150. The minimum Gasteiger partial charge on any atom is -0.497 e. The molecule has 5 rings (SSSR count). The van der Waals surface area contributed by atoms with E-state index in [0.29, 0.717) is 23.5 Å². The van der Waals surface area contributed by atoms with E-state index in [-0.39, 0.29) is 24.2 Å². The van der Waals surface area contributed by atoms with Crippen LogP contribution in [0.5, 0.6) is 11.5 Å². The zero-order valence-electron chi connectivity index (χ0n) is 24.6. The molecule has 1 heterocycles. The van der Waals surface area contributed by atoms with Crippen molar-refractivity contribution in [3.8, 4) is 22.6 Å². The Morgan fingerprint density at radius 2 is 1.60 bits per heavy atom. The third kappa shape index (κ3) is 6.15. The number of carbonyl (C=O) groups is 3. The van der Waals surface area contributed by atoms with Crippen LogP contribution >= 0.6 is 11.8 Å². The summed E-state index contributed by atoms with van der Waals surface area (Å²) in [6.07, 6.45) is -0.415. The maximum atomic E-state index is 14.1. The highest BCUT2D eigenvalue weighted by molar-refractivity contribution is 7.99. The molecule has 1 saturated heterocycles. The lowest BCUT2D eigenvalue weighted by Gasteiger charge is -2.32. The van der Waals surface area contributed by atoms with Gasteiger partial charge in [0.05, 0.1) is 14.2 Å². The van der Waals surface area contributed by atoms with Crippen LogP contribution in [0.2, 0.25) is 0 Å². The van der Waals surface area contributed by atoms with Gasteiger partial charge in [0.25, 0.3) is 0 Å². The standard InChI is InChI=1S/C33H36N2O7S/c1-19(2)15-27(34-33(39)42-17-26-23-11-7-5-9-21(23)22-10-6-8-12-24(22)26)30(36)35-28(32(37)38)18-43-31(35)25-14-13-20(40-3)16-29(25)41-4/h5-14,16,19,26-28,31H,15,17-18H2,1-4H3,(H,34,39)(H,37,38)/t27-,28-,31?/m0/s1. The van der Waals surface area contributed by atoms with E-state index < -0.39 is 35.4 Å². The molecule has 3 atom stereocenters. The van der Waals surface area contributed by atoms with Crippen molar-refractivity contribution in [2.45, 2.75) is 43.6 Å². The normalized spacial score (nSPS) is 18.1. The zero-order valence-corrected chi connectivity index (χ0v) is 25.4. The number of carboxylic acid groups (broad SMARTS) is 1. The van der Waals surface area contributed by atoms with Crippen LogP contribution in [0.15, 0.2) is 66.7 Å². The first kappa shape index (κ1) is 30.3. The number of hydrogen-bond donors (Lipinski definition) is 2. The molecule has 0 aromatic heterocycles. The van der Waals surface area contributed by atoms with Crippen molar-refractivity contribution in [3.05, 3.63) is 83.4 Å². The summed E-state index contributed by atoms with van der Waals surface area (Å²) in [6.45, 7) is 3.99. The molecule has 10 heteroatoms. The van der Waals surface area contributed by atoms with Crippen molar-refractivity contribution in [2.24, 2.45) is 5.92 Å². The van der Waals surface area contributed by atoms with Gasteiger partial charge in [-0.1, -0.05) is 62.4 Å². The number of nitrogens with one attached hydrogen (secondary N) is 1. The molecule has 43 heavy (non-hydrogen) atoms. The lowest BCUT2D eigenvalue weighted by Crippen LogP contribution is -2.53. The molecule has 1 fully saturated rings. The highest BCUT2D eigenvalue weighted by atomic mass is 32.2. The maximum Gasteiger partial charge on any atom is 0.407 e. The van der Waals surface area contributed by atoms with Gasteiger partial charge in [-0.3, -0.25) is 4.79 Å². The lowest BCUT2D eigenvalue weighted by atomic mass is 9.98. The SMILES string of the molecule is COc1ccc(C2SC[C@@H](C(=O)O)N2C(=O)[C@H](CC(C)C)NC(=O)OCC2c3ccccc3-c3ccccc32)c(OC)c1. The van der Waals surface area contributed by atoms with E-state index in [1.54, 1.807) is 25.3 Å². The van der Waals surface area contributed by atoms with E-state index in [1.165, 1.54) is 23.8 Å². The summed E-state index contributed by atoms with van der Waals surface area (Å²) in [6, 6.07) is 19.3. The summed E-state index contributed by atoms with van der Waals surface area (Å²) in [5.74, 6) is -0.439. The van der Waals surface area contributed by atoms with Gasteiger partial charge in [0.15, 0.2) is 0 Å². The number of thioether (sulfide) groups is 1. The molecule has 226 valence electrons. The number of alkyl carbamates (subject to hydrolysis) is 1. The smallest absolute Gasteiger partial charge is 0.407 e. The molecular formula is C33H36N2O7S. The Hall–Kier alpha value is -4.18. The van der Waals surface area contributed by atoms with Gasteiger partial charge in [0.1, 0.15) is 35.6 Å².